The molecule has 0 unspecified atom stereocenters. The first kappa shape index (κ1) is 25.7. The minimum absolute atomic E-state index is 0.299. The van der Waals surface area contributed by atoms with Crippen LogP contribution in [0.25, 0.3) is 0 Å². The van der Waals surface area contributed by atoms with E-state index >= 15 is 0 Å². The largest absolute Gasteiger partial charge is 0.480 e. The van der Waals surface area contributed by atoms with Crippen molar-refractivity contribution < 1.29 is 9.90 Å². The van der Waals surface area contributed by atoms with E-state index in [0.717, 1.165) is 38.5 Å². The van der Waals surface area contributed by atoms with Crippen LogP contribution >= 0.6 is 12.6 Å². The molecule has 2 N–H and O–H groups in total. The molecule has 0 aromatic heterocycles. The van der Waals surface area contributed by atoms with E-state index < -0.39 is 12.0 Å². The lowest BCUT2D eigenvalue weighted by Gasteiger charge is -2.10. The standard InChI is InChI=1S/C23H39NO2S/c1-18(2)9-6-10-19(3)11-7-12-20(4)13-8-14-21(5)15-16-24-22(17-27)23(25)26/h9,11,13,15,22,24,27H,6-8,10,12,14,16-17H2,1-5H3,(H,25,26)/b19-11+,20-13+,21-15+/t22-/m1/s1. The number of allylic oxidation sites excluding steroid dienone is 7. The topological polar surface area (TPSA) is 49.3 Å². The molecule has 0 rings (SSSR count). The van der Waals surface area contributed by atoms with Gasteiger partial charge in [-0.05, 0) is 73.1 Å². The molecular formula is C23H39NO2S. The molecule has 0 aliphatic carbocycles. The molecule has 0 radical (unpaired) electrons. The van der Waals surface area contributed by atoms with Crippen LogP contribution in [0.2, 0.25) is 0 Å². The molecule has 0 aliphatic rings. The van der Waals surface area contributed by atoms with E-state index in [2.05, 4.69) is 76.9 Å². The van der Waals surface area contributed by atoms with Crippen LogP contribution in [0.5, 0.6) is 0 Å². The molecule has 0 aromatic carbocycles. The number of nitrogens with one attached hydrogen (secondary N) is 1. The Morgan fingerprint density at radius 1 is 0.852 bits per heavy atom. The normalized spacial score (nSPS) is 14.2. The third kappa shape index (κ3) is 15.5. The van der Waals surface area contributed by atoms with E-state index in [0.29, 0.717) is 12.3 Å². The zero-order chi connectivity index (χ0) is 20.7. The monoisotopic (exact) mass is 393 g/mol. The highest BCUT2D eigenvalue weighted by molar-refractivity contribution is 7.80. The van der Waals surface area contributed by atoms with Gasteiger partial charge in [0, 0.05) is 12.3 Å². The highest BCUT2D eigenvalue weighted by Gasteiger charge is 2.12. The van der Waals surface area contributed by atoms with Crippen molar-refractivity contribution in [2.75, 3.05) is 12.3 Å². The van der Waals surface area contributed by atoms with Gasteiger partial charge < -0.3 is 10.4 Å². The number of hydrogen-bond acceptors (Lipinski definition) is 3. The molecule has 4 heteroatoms. The van der Waals surface area contributed by atoms with Crippen molar-refractivity contribution in [2.24, 2.45) is 0 Å². The van der Waals surface area contributed by atoms with Crippen molar-refractivity contribution in [1.82, 2.24) is 5.32 Å². The summed E-state index contributed by atoms with van der Waals surface area (Å²) in [6.45, 7) is 11.4. The first-order valence-corrected chi connectivity index (χ1v) is 10.6. The van der Waals surface area contributed by atoms with Gasteiger partial charge in [-0.3, -0.25) is 4.79 Å². The Kier molecular flexibility index (Phi) is 15.0. The number of hydrogen-bond donors (Lipinski definition) is 3. The lowest BCUT2D eigenvalue weighted by atomic mass is 10.0. The number of rotatable bonds is 14. The van der Waals surface area contributed by atoms with Gasteiger partial charge in [0.05, 0.1) is 0 Å². The highest BCUT2D eigenvalue weighted by Crippen LogP contribution is 2.13. The molecule has 0 amide bonds. The summed E-state index contributed by atoms with van der Waals surface area (Å²) in [5.74, 6) is -0.552. The molecule has 0 spiro atoms. The van der Waals surface area contributed by atoms with E-state index in [1.165, 1.54) is 22.3 Å². The Morgan fingerprint density at radius 3 is 1.70 bits per heavy atom. The van der Waals surface area contributed by atoms with E-state index in [1.54, 1.807) is 0 Å². The van der Waals surface area contributed by atoms with Crippen molar-refractivity contribution in [2.45, 2.75) is 79.2 Å². The number of carboxylic acid groups (broad SMARTS) is 1. The molecule has 3 nitrogen and oxygen atoms in total. The summed E-state index contributed by atoms with van der Waals surface area (Å²) in [5.41, 5.74) is 5.60. The number of carbonyl (C=O) groups is 1. The second-order valence-corrected chi connectivity index (χ2v) is 7.90. The molecule has 0 saturated carbocycles. The third-order valence-electron chi connectivity index (χ3n) is 4.45. The molecule has 0 fully saturated rings. The summed E-state index contributed by atoms with van der Waals surface area (Å²) < 4.78 is 0. The van der Waals surface area contributed by atoms with Gasteiger partial charge in [-0.2, -0.15) is 12.6 Å². The molecular weight excluding hydrogens is 354 g/mol. The number of thiol groups is 1. The van der Waals surface area contributed by atoms with Crippen LogP contribution in [0.3, 0.4) is 0 Å². The SMILES string of the molecule is CC(C)=CCC/C(C)=C/CC/C(C)=C/CC/C(C)=C/CN[C@H](CS)C(=O)O. The minimum Gasteiger partial charge on any atom is -0.480 e. The number of aliphatic carboxylic acids is 1. The Morgan fingerprint density at radius 2 is 1.30 bits per heavy atom. The van der Waals surface area contributed by atoms with Gasteiger partial charge >= 0.3 is 5.97 Å². The Balaban J connectivity index is 4.08. The van der Waals surface area contributed by atoms with Crippen LogP contribution < -0.4 is 5.32 Å². The fraction of sp³-hybridized carbons (Fsp3) is 0.609. The Bertz CT molecular complexity index is 555. The number of carboxylic acids is 1. The van der Waals surface area contributed by atoms with E-state index in [9.17, 15) is 4.79 Å². The summed E-state index contributed by atoms with van der Waals surface area (Å²) >= 11 is 4.05. The van der Waals surface area contributed by atoms with Crippen LogP contribution in [0.1, 0.15) is 73.1 Å². The van der Waals surface area contributed by atoms with E-state index in [4.69, 9.17) is 5.11 Å². The zero-order valence-electron chi connectivity index (χ0n) is 17.8. The molecule has 0 bridgehead atoms. The first-order chi connectivity index (χ1) is 12.8. The van der Waals surface area contributed by atoms with Crippen molar-refractivity contribution in [3.05, 3.63) is 46.6 Å². The predicted molar refractivity (Wildman–Crippen MR) is 122 cm³/mol. The van der Waals surface area contributed by atoms with Crippen LogP contribution in [0.15, 0.2) is 46.6 Å². The van der Waals surface area contributed by atoms with Crippen molar-refractivity contribution >= 4 is 18.6 Å². The predicted octanol–water partition coefficient (Wildman–Crippen LogP) is 6.10. The maximum Gasteiger partial charge on any atom is 0.321 e. The quantitative estimate of drug-likeness (QED) is 0.247. The zero-order valence-corrected chi connectivity index (χ0v) is 18.7. The fourth-order valence-electron chi connectivity index (χ4n) is 2.59. The van der Waals surface area contributed by atoms with Crippen molar-refractivity contribution in [1.29, 1.82) is 0 Å². The Hall–Kier alpha value is -1.26. The van der Waals surface area contributed by atoms with Gasteiger partial charge in [0.25, 0.3) is 0 Å². The summed E-state index contributed by atoms with van der Waals surface area (Å²) in [6.07, 6.45) is 15.6. The molecule has 27 heavy (non-hydrogen) atoms. The van der Waals surface area contributed by atoms with E-state index in [1.807, 2.05) is 0 Å². The molecule has 0 heterocycles. The van der Waals surface area contributed by atoms with Gasteiger partial charge in [0.1, 0.15) is 6.04 Å². The maximum absolute atomic E-state index is 10.9. The average molecular weight is 394 g/mol. The highest BCUT2D eigenvalue weighted by atomic mass is 32.1. The smallest absolute Gasteiger partial charge is 0.321 e. The van der Waals surface area contributed by atoms with E-state index in [-0.39, 0.29) is 0 Å². The van der Waals surface area contributed by atoms with Gasteiger partial charge in [0.15, 0.2) is 0 Å². The van der Waals surface area contributed by atoms with Crippen LogP contribution in [-0.2, 0) is 4.79 Å². The van der Waals surface area contributed by atoms with Gasteiger partial charge in [-0.1, -0.05) is 46.6 Å². The fourth-order valence-corrected chi connectivity index (χ4v) is 2.88. The van der Waals surface area contributed by atoms with Crippen LogP contribution in [-0.4, -0.2) is 29.4 Å². The third-order valence-corrected chi connectivity index (χ3v) is 4.81. The van der Waals surface area contributed by atoms with Crippen molar-refractivity contribution in [3.63, 3.8) is 0 Å². The van der Waals surface area contributed by atoms with Gasteiger partial charge in [-0.15, -0.1) is 0 Å². The minimum atomic E-state index is -0.851. The second kappa shape index (κ2) is 15.8. The lowest BCUT2D eigenvalue weighted by Crippen LogP contribution is -2.38. The van der Waals surface area contributed by atoms with Gasteiger partial charge in [0.2, 0.25) is 0 Å². The molecule has 0 aliphatic heterocycles. The summed E-state index contributed by atoms with van der Waals surface area (Å²) in [4.78, 5) is 10.9. The summed E-state index contributed by atoms with van der Waals surface area (Å²) in [6, 6.07) is -0.585. The molecule has 0 aromatic rings. The second-order valence-electron chi connectivity index (χ2n) is 7.53. The van der Waals surface area contributed by atoms with Crippen LogP contribution in [0.4, 0.5) is 0 Å². The van der Waals surface area contributed by atoms with Gasteiger partial charge in [-0.25, -0.2) is 0 Å². The van der Waals surface area contributed by atoms with Crippen molar-refractivity contribution in [3.8, 4) is 0 Å². The van der Waals surface area contributed by atoms with Crippen LogP contribution in [0, 0.1) is 0 Å². The Labute approximate surface area is 172 Å². The average Bonchev–Trinajstić information content (AvgIpc) is 2.58. The molecule has 0 saturated heterocycles. The molecule has 1 atom stereocenters. The summed E-state index contributed by atoms with van der Waals surface area (Å²) in [5, 5.41) is 11.9. The lowest BCUT2D eigenvalue weighted by molar-refractivity contribution is -0.138. The first-order valence-electron chi connectivity index (χ1n) is 9.93. The molecule has 154 valence electrons. The summed E-state index contributed by atoms with van der Waals surface area (Å²) in [7, 11) is 0. The maximum atomic E-state index is 10.9.